The topological polar surface area (TPSA) is 69.6 Å². The largest absolute Gasteiger partial charge is 0.480 e. The van der Waals surface area contributed by atoms with Crippen LogP contribution in [0.2, 0.25) is 0 Å². The van der Waals surface area contributed by atoms with Crippen molar-refractivity contribution in [1.82, 2.24) is 4.90 Å². The average Bonchev–Trinajstić information content (AvgIpc) is 2.96. The molecule has 0 bridgehead atoms. The van der Waals surface area contributed by atoms with E-state index in [1.807, 2.05) is 42.5 Å². The Morgan fingerprint density at radius 1 is 1.18 bits per heavy atom. The summed E-state index contributed by atoms with van der Waals surface area (Å²) in [5.74, 6) is -1.03. The molecule has 1 atom stereocenters. The Hall–Kier alpha value is -2.40. The Bertz CT molecular complexity index is 709. The van der Waals surface area contributed by atoms with Gasteiger partial charge < -0.3 is 10.4 Å². The van der Waals surface area contributed by atoms with Gasteiger partial charge in [-0.1, -0.05) is 36.4 Å². The van der Waals surface area contributed by atoms with Gasteiger partial charge in [-0.05, 0) is 30.8 Å². The first kappa shape index (κ1) is 14.5. The number of likely N-dealkylation sites (tertiary alicyclic amines) is 1. The summed E-state index contributed by atoms with van der Waals surface area (Å²) in [6.45, 7) is 0.764. The van der Waals surface area contributed by atoms with Crippen molar-refractivity contribution in [2.45, 2.75) is 18.9 Å². The molecule has 3 rings (SSSR count). The van der Waals surface area contributed by atoms with E-state index in [-0.39, 0.29) is 12.5 Å². The van der Waals surface area contributed by atoms with Crippen LogP contribution in [-0.4, -0.2) is 41.0 Å². The van der Waals surface area contributed by atoms with Crippen molar-refractivity contribution >= 4 is 28.3 Å². The molecule has 0 spiro atoms. The van der Waals surface area contributed by atoms with Gasteiger partial charge in [0.05, 0.1) is 6.54 Å². The maximum atomic E-state index is 12.2. The lowest BCUT2D eigenvalue weighted by atomic mass is 10.1. The van der Waals surface area contributed by atoms with Crippen molar-refractivity contribution < 1.29 is 14.7 Å². The summed E-state index contributed by atoms with van der Waals surface area (Å²) in [6.07, 6.45) is 1.43. The Morgan fingerprint density at radius 3 is 2.77 bits per heavy atom. The highest BCUT2D eigenvalue weighted by Gasteiger charge is 2.31. The number of nitrogens with zero attached hydrogens (tertiary/aromatic N) is 1. The summed E-state index contributed by atoms with van der Waals surface area (Å²) in [4.78, 5) is 25.1. The normalized spacial score (nSPS) is 18.5. The van der Waals surface area contributed by atoms with E-state index < -0.39 is 12.0 Å². The van der Waals surface area contributed by atoms with Crippen LogP contribution in [0.4, 0.5) is 5.69 Å². The molecule has 0 aromatic heterocycles. The van der Waals surface area contributed by atoms with Crippen molar-refractivity contribution in [2.75, 3.05) is 18.4 Å². The average molecular weight is 298 g/mol. The second kappa shape index (κ2) is 6.15. The number of aliphatic carboxylic acids is 1. The number of carboxylic acid groups (broad SMARTS) is 1. The predicted molar refractivity (Wildman–Crippen MR) is 84.8 cm³/mol. The van der Waals surface area contributed by atoms with Crippen LogP contribution < -0.4 is 5.32 Å². The summed E-state index contributed by atoms with van der Waals surface area (Å²) in [5, 5.41) is 14.1. The fourth-order valence-corrected chi connectivity index (χ4v) is 3.00. The minimum Gasteiger partial charge on any atom is -0.480 e. The number of fused-ring (bicyclic) bond motifs is 1. The Morgan fingerprint density at radius 2 is 1.95 bits per heavy atom. The molecule has 0 radical (unpaired) electrons. The highest BCUT2D eigenvalue weighted by Crippen LogP contribution is 2.23. The molecule has 2 aromatic rings. The zero-order valence-electron chi connectivity index (χ0n) is 12.2. The molecule has 1 fully saturated rings. The molecular weight excluding hydrogens is 280 g/mol. The van der Waals surface area contributed by atoms with E-state index in [1.165, 1.54) is 0 Å². The minimum absolute atomic E-state index is 0.111. The minimum atomic E-state index is -0.851. The van der Waals surface area contributed by atoms with Crippen LogP contribution in [0.15, 0.2) is 42.5 Å². The summed E-state index contributed by atoms with van der Waals surface area (Å²) in [6, 6.07) is 13.0. The van der Waals surface area contributed by atoms with Gasteiger partial charge in [0.1, 0.15) is 6.04 Å². The molecule has 1 amide bonds. The van der Waals surface area contributed by atoms with Crippen molar-refractivity contribution in [1.29, 1.82) is 0 Å². The van der Waals surface area contributed by atoms with E-state index in [9.17, 15) is 9.59 Å². The summed E-state index contributed by atoms with van der Waals surface area (Å²) >= 11 is 0. The second-order valence-electron chi connectivity index (χ2n) is 5.54. The highest BCUT2D eigenvalue weighted by atomic mass is 16.4. The lowest BCUT2D eigenvalue weighted by molar-refractivity contribution is -0.142. The lowest BCUT2D eigenvalue weighted by Crippen LogP contribution is -2.40. The van der Waals surface area contributed by atoms with Crippen molar-refractivity contribution in [3.05, 3.63) is 42.5 Å². The first-order chi connectivity index (χ1) is 10.6. The number of amides is 1. The van der Waals surface area contributed by atoms with Gasteiger partial charge in [0.25, 0.3) is 0 Å². The maximum absolute atomic E-state index is 12.2. The Kier molecular flexibility index (Phi) is 4.06. The number of carbonyl (C=O) groups is 2. The van der Waals surface area contributed by atoms with Crippen LogP contribution in [0, 0.1) is 0 Å². The van der Waals surface area contributed by atoms with Gasteiger partial charge in [0, 0.05) is 11.1 Å². The van der Waals surface area contributed by atoms with Gasteiger partial charge >= 0.3 is 5.97 Å². The third-order valence-electron chi connectivity index (χ3n) is 4.06. The third kappa shape index (κ3) is 2.94. The van der Waals surface area contributed by atoms with Crippen LogP contribution in [0.3, 0.4) is 0 Å². The lowest BCUT2D eigenvalue weighted by Gasteiger charge is -2.20. The van der Waals surface area contributed by atoms with Crippen molar-refractivity contribution in [3.8, 4) is 0 Å². The number of benzene rings is 2. The molecule has 2 aromatic carbocycles. The smallest absolute Gasteiger partial charge is 0.320 e. The van der Waals surface area contributed by atoms with Crippen LogP contribution in [0.1, 0.15) is 12.8 Å². The molecule has 1 aliphatic rings. The highest BCUT2D eigenvalue weighted by molar-refractivity contribution is 6.02. The number of carbonyl (C=O) groups excluding carboxylic acids is 1. The number of hydrogen-bond donors (Lipinski definition) is 2. The van der Waals surface area contributed by atoms with Crippen LogP contribution in [0.25, 0.3) is 10.8 Å². The number of nitrogens with one attached hydrogen (secondary N) is 1. The van der Waals surface area contributed by atoms with Gasteiger partial charge in [-0.3, -0.25) is 14.5 Å². The quantitative estimate of drug-likeness (QED) is 0.909. The SMILES string of the molecule is O=C(CN1CCCC1C(=O)O)Nc1cccc2ccccc12. The zero-order valence-corrected chi connectivity index (χ0v) is 12.2. The molecule has 22 heavy (non-hydrogen) atoms. The molecule has 5 nitrogen and oxygen atoms in total. The van der Waals surface area contributed by atoms with E-state index in [0.29, 0.717) is 13.0 Å². The Labute approximate surface area is 128 Å². The third-order valence-corrected chi connectivity index (χ3v) is 4.06. The van der Waals surface area contributed by atoms with E-state index in [4.69, 9.17) is 5.11 Å². The fourth-order valence-electron chi connectivity index (χ4n) is 3.00. The van der Waals surface area contributed by atoms with E-state index >= 15 is 0 Å². The van der Waals surface area contributed by atoms with Crippen molar-refractivity contribution in [3.63, 3.8) is 0 Å². The van der Waals surface area contributed by atoms with E-state index in [2.05, 4.69) is 5.32 Å². The molecule has 1 heterocycles. The first-order valence-electron chi connectivity index (χ1n) is 7.39. The molecular formula is C17H18N2O3. The molecule has 114 valence electrons. The first-order valence-corrected chi connectivity index (χ1v) is 7.39. The number of carboxylic acids is 1. The van der Waals surface area contributed by atoms with E-state index in [0.717, 1.165) is 22.9 Å². The molecule has 1 saturated heterocycles. The summed E-state index contributed by atoms with van der Waals surface area (Å²) in [7, 11) is 0. The Balaban J connectivity index is 1.72. The molecule has 0 aliphatic carbocycles. The second-order valence-corrected chi connectivity index (χ2v) is 5.54. The predicted octanol–water partition coefficient (Wildman–Crippen LogP) is 2.33. The van der Waals surface area contributed by atoms with E-state index in [1.54, 1.807) is 4.90 Å². The van der Waals surface area contributed by atoms with Crippen LogP contribution in [-0.2, 0) is 9.59 Å². The van der Waals surface area contributed by atoms with Crippen LogP contribution in [0.5, 0.6) is 0 Å². The monoisotopic (exact) mass is 298 g/mol. The molecule has 0 saturated carbocycles. The molecule has 1 unspecified atom stereocenters. The number of rotatable bonds is 4. The summed E-state index contributed by atoms with van der Waals surface area (Å²) in [5.41, 5.74) is 0.758. The van der Waals surface area contributed by atoms with Gasteiger partial charge in [0.15, 0.2) is 0 Å². The maximum Gasteiger partial charge on any atom is 0.320 e. The van der Waals surface area contributed by atoms with Crippen LogP contribution >= 0.6 is 0 Å². The number of hydrogen-bond acceptors (Lipinski definition) is 3. The summed E-state index contributed by atoms with van der Waals surface area (Å²) < 4.78 is 0. The van der Waals surface area contributed by atoms with Gasteiger partial charge in [-0.25, -0.2) is 0 Å². The molecule has 1 aliphatic heterocycles. The van der Waals surface area contributed by atoms with Gasteiger partial charge in [-0.15, -0.1) is 0 Å². The van der Waals surface area contributed by atoms with Gasteiger partial charge in [0.2, 0.25) is 5.91 Å². The standard InChI is InChI=1S/C17H18N2O3/c20-16(11-19-10-4-9-15(19)17(21)22)18-14-8-3-6-12-5-1-2-7-13(12)14/h1-3,5-8,15H,4,9-11H2,(H,18,20)(H,21,22). The number of anilines is 1. The van der Waals surface area contributed by atoms with Crippen molar-refractivity contribution in [2.24, 2.45) is 0 Å². The molecule has 5 heteroatoms. The zero-order chi connectivity index (χ0) is 15.5. The van der Waals surface area contributed by atoms with Gasteiger partial charge in [-0.2, -0.15) is 0 Å². The fraction of sp³-hybridized carbons (Fsp3) is 0.294. The molecule has 2 N–H and O–H groups in total.